The number of amides is 1. The van der Waals surface area contributed by atoms with Gasteiger partial charge in [-0.1, -0.05) is 41.1 Å². The molecular formula is C29H18Cl2FN5O2. The van der Waals surface area contributed by atoms with Crippen LogP contribution in [-0.4, -0.2) is 15.9 Å². The topological polar surface area (TPSA) is 116 Å². The van der Waals surface area contributed by atoms with Crippen molar-refractivity contribution >= 4 is 57.2 Å². The summed E-state index contributed by atoms with van der Waals surface area (Å²) in [7, 11) is 0. The molecule has 5 rings (SSSR count). The number of aromatic nitrogens is 2. The van der Waals surface area contributed by atoms with Crippen LogP contribution in [0.15, 0.2) is 79.1 Å². The van der Waals surface area contributed by atoms with E-state index in [1.54, 1.807) is 42.6 Å². The summed E-state index contributed by atoms with van der Waals surface area (Å²) in [4.78, 5) is 20.8. The number of carbonyl (C=O) groups excluding carboxylic acids is 1. The maximum atomic E-state index is 14.7. The van der Waals surface area contributed by atoms with Crippen molar-refractivity contribution in [2.45, 2.75) is 0 Å². The Morgan fingerprint density at radius 1 is 0.923 bits per heavy atom. The highest BCUT2D eigenvalue weighted by molar-refractivity contribution is 6.34. The van der Waals surface area contributed by atoms with E-state index < -0.39 is 11.7 Å². The number of nitrogen functional groups attached to an aromatic ring is 2. The summed E-state index contributed by atoms with van der Waals surface area (Å²) in [5.74, 6) is 5.68. The molecule has 10 heteroatoms. The second kappa shape index (κ2) is 10.9. The molecule has 2 heterocycles. The van der Waals surface area contributed by atoms with Crippen molar-refractivity contribution in [3.63, 3.8) is 0 Å². The number of halogens is 3. The summed E-state index contributed by atoms with van der Waals surface area (Å²) in [6, 6.07) is 17.5. The van der Waals surface area contributed by atoms with Gasteiger partial charge in [-0.3, -0.25) is 4.79 Å². The lowest BCUT2D eigenvalue weighted by Gasteiger charge is -2.11. The Bertz CT molecular complexity index is 1800. The molecule has 0 unspecified atom stereocenters. The van der Waals surface area contributed by atoms with Crippen molar-refractivity contribution in [2.24, 2.45) is 0 Å². The van der Waals surface area contributed by atoms with E-state index in [9.17, 15) is 9.18 Å². The molecular weight excluding hydrogens is 540 g/mol. The van der Waals surface area contributed by atoms with Gasteiger partial charge in [-0.05, 0) is 48.5 Å². The number of ether oxygens (including phenoxy) is 1. The first-order valence-electron chi connectivity index (χ1n) is 11.4. The van der Waals surface area contributed by atoms with Gasteiger partial charge in [0.2, 0.25) is 0 Å². The lowest BCUT2D eigenvalue weighted by atomic mass is 10.1. The van der Waals surface area contributed by atoms with Gasteiger partial charge < -0.3 is 21.5 Å². The highest BCUT2D eigenvalue weighted by Crippen LogP contribution is 2.33. The number of hydrogen-bond donors (Lipinski definition) is 3. The molecule has 0 saturated heterocycles. The van der Waals surface area contributed by atoms with E-state index >= 15 is 0 Å². The number of fused-ring (bicyclic) bond motifs is 1. The Labute approximate surface area is 232 Å². The second-order valence-corrected chi connectivity index (χ2v) is 9.10. The van der Waals surface area contributed by atoms with E-state index in [0.29, 0.717) is 27.5 Å². The third-order valence-electron chi connectivity index (χ3n) is 5.66. The van der Waals surface area contributed by atoms with E-state index in [4.69, 9.17) is 39.4 Å². The summed E-state index contributed by atoms with van der Waals surface area (Å²) < 4.78 is 20.3. The number of rotatable bonds is 4. The first-order chi connectivity index (χ1) is 18.8. The molecule has 0 spiro atoms. The molecule has 5 aromatic rings. The summed E-state index contributed by atoms with van der Waals surface area (Å²) in [6.07, 6.45) is 3.08. The Morgan fingerprint density at radius 3 is 2.49 bits per heavy atom. The number of nitrogens with two attached hydrogens (primary N) is 2. The standard InChI is InChI=1S/C29H18Cl2FN5O2/c30-19-7-6-18-15-36-27(33)21(22(18)13-19)9-3-16-1-4-17(5-2-16)29(38)37-24-10-8-20(14-23(24)32)39-25-11-12-35-28(34)26(25)31/h1-2,4-8,10-15H,(H2,33,36)(H2,34,35)(H,37,38). The van der Waals surface area contributed by atoms with Crippen molar-refractivity contribution in [1.29, 1.82) is 0 Å². The van der Waals surface area contributed by atoms with Gasteiger partial charge in [0.25, 0.3) is 5.91 Å². The van der Waals surface area contributed by atoms with Crippen molar-refractivity contribution in [3.8, 4) is 23.3 Å². The van der Waals surface area contributed by atoms with Crippen LogP contribution in [0.25, 0.3) is 10.8 Å². The van der Waals surface area contributed by atoms with Gasteiger partial charge in [-0.15, -0.1) is 0 Å². The Kier molecular flexibility index (Phi) is 7.19. The Balaban J connectivity index is 1.30. The minimum absolute atomic E-state index is 0.0193. The zero-order valence-corrected chi connectivity index (χ0v) is 21.5. The number of anilines is 3. The van der Waals surface area contributed by atoms with Gasteiger partial charge in [0.05, 0.1) is 11.3 Å². The number of benzene rings is 3. The van der Waals surface area contributed by atoms with E-state index in [1.165, 1.54) is 24.4 Å². The number of nitrogens with one attached hydrogen (secondary N) is 1. The summed E-state index contributed by atoms with van der Waals surface area (Å²) >= 11 is 12.2. The minimum atomic E-state index is -0.692. The molecule has 1 amide bonds. The molecule has 0 saturated carbocycles. The molecule has 39 heavy (non-hydrogen) atoms. The first-order valence-corrected chi connectivity index (χ1v) is 12.2. The number of carbonyl (C=O) groups is 1. The van der Waals surface area contributed by atoms with Crippen molar-refractivity contribution in [3.05, 3.63) is 112 Å². The van der Waals surface area contributed by atoms with Crippen LogP contribution in [0.1, 0.15) is 21.5 Å². The van der Waals surface area contributed by atoms with E-state index in [1.807, 2.05) is 6.07 Å². The lowest BCUT2D eigenvalue weighted by molar-refractivity contribution is 0.102. The predicted molar refractivity (Wildman–Crippen MR) is 152 cm³/mol. The zero-order chi connectivity index (χ0) is 27.5. The van der Waals surface area contributed by atoms with Crippen LogP contribution < -0.4 is 21.5 Å². The summed E-state index contributed by atoms with van der Waals surface area (Å²) in [5.41, 5.74) is 13.2. The van der Waals surface area contributed by atoms with Crippen LogP contribution in [0.3, 0.4) is 0 Å². The molecule has 3 aromatic carbocycles. The second-order valence-electron chi connectivity index (χ2n) is 8.28. The molecule has 7 nitrogen and oxygen atoms in total. The quantitative estimate of drug-likeness (QED) is 0.212. The molecule has 0 fully saturated rings. The maximum Gasteiger partial charge on any atom is 0.255 e. The normalized spacial score (nSPS) is 10.5. The minimum Gasteiger partial charge on any atom is -0.455 e. The fourth-order valence-corrected chi connectivity index (χ4v) is 3.99. The predicted octanol–water partition coefficient (Wildman–Crippen LogP) is 6.68. The zero-order valence-electron chi connectivity index (χ0n) is 20.0. The van der Waals surface area contributed by atoms with Crippen LogP contribution in [0, 0.1) is 17.7 Å². The van der Waals surface area contributed by atoms with Crippen LogP contribution in [0.5, 0.6) is 11.5 Å². The third kappa shape index (κ3) is 5.70. The number of hydrogen-bond acceptors (Lipinski definition) is 6. The summed E-state index contributed by atoms with van der Waals surface area (Å²) in [6.45, 7) is 0. The monoisotopic (exact) mass is 557 g/mol. The van der Waals surface area contributed by atoms with Gasteiger partial charge >= 0.3 is 0 Å². The summed E-state index contributed by atoms with van der Waals surface area (Å²) in [5, 5.41) is 4.89. The largest absolute Gasteiger partial charge is 0.455 e. The highest BCUT2D eigenvalue weighted by Gasteiger charge is 2.13. The molecule has 5 N–H and O–H groups in total. The molecule has 0 aliphatic heterocycles. The first kappa shape index (κ1) is 25.8. The fraction of sp³-hybridized carbons (Fsp3) is 0. The van der Waals surface area contributed by atoms with Gasteiger partial charge in [-0.2, -0.15) is 0 Å². The smallest absolute Gasteiger partial charge is 0.255 e. The average molecular weight is 558 g/mol. The van der Waals surface area contributed by atoms with Crippen LogP contribution in [0.2, 0.25) is 10.0 Å². The van der Waals surface area contributed by atoms with Crippen molar-refractivity contribution in [2.75, 3.05) is 16.8 Å². The molecule has 0 bridgehead atoms. The molecule has 192 valence electrons. The molecule has 0 atom stereocenters. The Hall–Kier alpha value is -4.84. The van der Waals surface area contributed by atoms with Crippen LogP contribution in [0.4, 0.5) is 21.7 Å². The van der Waals surface area contributed by atoms with Crippen LogP contribution in [-0.2, 0) is 0 Å². The van der Waals surface area contributed by atoms with E-state index in [0.717, 1.165) is 16.8 Å². The molecule has 0 aliphatic carbocycles. The maximum absolute atomic E-state index is 14.7. The molecule has 2 aromatic heterocycles. The van der Waals surface area contributed by atoms with Crippen molar-refractivity contribution in [1.82, 2.24) is 9.97 Å². The Morgan fingerprint density at radius 2 is 1.72 bits per heavy atom. The molecule has 0 aliphatic rings. The lowest BCUT2D eigenvalue weighted by Crippen LogP contribution is -2.13. The van der Waals surface area contributed by atoms with Gasteiger partial charge in [0.15, 0.2) is 5.75 Å². The fourth-order valence-electron chi connectivity index (χ4n) is 3.67. The van der Waals surface area contributed by atoms with Crippen molar-refractivity contribution < 1.29 is 13.9 Å². The average Bonchev–Trinajstić information content (AvgIpc) is 2.92. The number of nitrogens with zero attached hydrogens (tertiary/aromatic N) is 2. The van der Waals surface area contributed by atoms with E-state index in [2.05, 4.69) is 27.1 Å². The van der Waals surface area contributed by atoms with Gasteiger partial charge in [-0.25, -0.2) is 14.4 Å². The SMILES string of the molecule is Nc1nccc(Oc2ccc(NC(=O)c3ccc(C#Cc4c(N)ncc5ccc(Cl)cc45)cc3)c(F)c2)c1Cl. The molecule has 0 radical (unpaired) electrons. The van der Waals surface area contributed by atoms with Gasteiger partial charge in [0.1, 0.15) is 28.2 Å². The number of pyridine rings is 2. The third-order valence-corrected chi connectivity index (χ3v) is 6.27. The van der Waals surface area contributed by atoms with Crippen LogP contribution >= 0.6 is 23.2 Å². The van der Waals surface area contributed by atoms with E-state index in [-0.39, 0.29) is 28.0 Å². The van der Waals surface area contributed by atoms with Gasteiger partial charge in [0, 0.05) is 51.4 Å². The highest BCUT2D eigenvalue weighted by atomic mass is 35.5.